The third-order valence-electron chi connectivity index (χ3n) is 9.21. The Morgan fingerprint density at radius 1 is 0.644 bits per heavy atom. The van der Waals surface area contributed by atoms with E-state index in [1.807, 2.05) is 63.6 Å². The number of aromatic nitrogens is 4. The number of hydrogen-bond donors (Lipinski definition) is 7. The normalized spacial score (nSPS) is 13.8. The molecule has 7 N–H and O–H groups in total. The Morgan fingerprint density at radius 2 is 1.18 bits per heavy atom. The zero-order valence-electron chi connectivity index (χ0n) is 26.8. The Morgan fingerprint density at radius 3 is 1.78 bits per heavy atom. The van der Waals surface area contributed by atoms with Crippen molar-refractivity contribution in [2.75, 3.05) is 0 Å². The highest BCUT2D eigenvalue weighted by Crippen LogP contribution is 2.29. The van der Waals surface area contributed by atoms with Gasteiger partial charge in [0.15, 0.2) is 0 Å². The average Bonchev–Trinajstić information content (AvgIpc) is 3.59. The second-order valence-electron chi connectivity index (χ2n) is 12.2. The summed E-state index contributed by atoms with van der Waals surface area (Å²) in [7, 11) is 1.95. The number of carboxylic acid groups (broad SMARTS) is 2. The first-order chi connectivity index (χ1) is 21.2. The molecule has 0 radical (unpaired) electrons. The lowest BCUT2D eigenvalue weighted by atomic mass is 10.0. The monoisotopic (exact) mass is 614 g/mol. The van der Waals surface area contributed by atoms with E-state index in [4.69, 9.17) is 0 Å². The van der Waals surface area contributed by atoms with Gasteiger partial charge in [-0.2, -0.15) is 0 Å². The van der Waals surface area contributed by atoms with E-state index in [9.17, 15) is 30.0 Å². The fourth-order valence-corrected chi connectivity index (χ4v) is 6.81. The Hall–Kier alpha value is -4.54. The van der Waals surface area contributed by atoms with E-state index < -0.39 is 24.1 Å². The van der Waals surface area contributed by atoms with Crippen LogP contribution in [0.2, 0.25) is 0 Å². The molecule has 10 heteroatoms. The number of nitrogens with zero attached hydrogens (tertiary/aromatic N) is 1. The fourth-order valence-electron chi connectivity index (χ4n) is 6.81. The van der Waals surface area contributed by atoms with Crippen molar-refractivity contribution in [3.63, 3.8) is 0 Å². The van der Waals surface area contributed by atoms with Gasteiger partial charge in [0, 0.05) is 75.2 Å². The van der Waals surface area contributed by atoms with Crippen molar-refractivity contribution in [2.24, 2.45) is 7.05 Å². The van der Waals surface area contributed by atoms with Crippen molar-refractivity contribution < 1.29 is 30.0 Å². The minimum absolute atomic E-state index is 0.0432. The smallest absolute Gasteiger partial charge is 0.303 e. The summed E-state index contributed by atoms with van der Waals surface area (Å²) in [5, 5.41) is 43.9. The molecule has 4 aromatic heterocycles. The summed E-state index contributed by atoms with van der Waals surface area (Å²) in [6.45, 7) is 11.3. The van der Waals surface area contributed by atoms with Crippen molar-refractivity contribution in [2.45, 2.75) is 79.4 Å². The van der Waals surface area contributed by atoms with Gasteiger partial charge >= 0.3 is 11.9 Å². The molecule has 0 fully saturated rings. The van der Waals surface area contributed by atoms with Gasteiger partial charge in [0.2, 0.25) is 0 Å². The number of aliphatic hydroxyl groups is 2. The van der Waals surface area contributed by atoms with Crippen LogP contribution in [0.1, 0.15) is 106 Å². The van der Waals surface area contributed by atoms with E-state index in [-0.39, 0.29) is 12.8 Å². The molecule has 5 heterocycles. The van der Waals surface area contributed by atoms with Crippen LogP contribution in [0.15, 0.2) is 0 Å². The Labute approximate surface area is 260 Å². The van der Waals surface area contributed by atoms with Crippen LogP contribution in [0.5, 0.6) is 0 Å². The zero-order valence-corrected chi connectivity index (χ0v) is 26.8. The van der Waals surface area contributed by atoms with Gasteiger partial charge in [0.05, 0.1) is 12.2 Å². The molecule has 5 rings (SSSR count). The largest absolute Gasteiger partial charge is 0.481 e. The molecule has 8 bridgehead atoms. The Balaban J connectivity index is 1.97. The van der Waals surface area contributed by atoms with Crippen molar-refractivity contribution in [1.82, 2.24) is 19.5 Å². The molecule has 0 aromatic carbocycles. The molecule has 2 atom stereocenters. The zero-order chi connectivity index (χ0) is 32.9. The molecule has 0 saturated carbocycles. The van der Waals surface area contributed by atoms with Gasteiger partial charge in [-0.1, -0.05) is 0 Å². The minimum Gasteiger partial charge on any atom is -0.481 e. The van der Waals surface area contributed by atoms with E-state index in [1.165, 1.54) is 0 Å². The van der Waals surface area contributed by atoms with E-state index in [1.54, 1.807) is 13.8 Å². The molecular formula is C35H42N4O6. The quantitative estimate of drug-likeness (QED) is 0.141. The van der Waals surface area contributed by atoms with Gasteiger partial charge in [-0.15, -0.1) is 0 Å². The molecule has 10 nitrogen and oxygen atoms in total. The lowest BCUT2D eigenvalue weighted by Gasteiger charge is -2.07. The molecule has 45 heavy (non-hydrogen) atoms. The number of nitrogens with one attached hydrogen (secondary N) is 3. The van der Waals surface area contributed by atoms with Crippen LogP contribution in [0.4, 0.5) is 0 Å². The third kappa shape index (κ3) is 5.83. The SMILES string of the molecule is Cc1c2[nH]c(c1CCC(=O)O)C=c1[nH]c(c(C)c1CCC(=O)O)=Cc1c(C)c(C(C)O)c(n1C)C=c1[nH]c(c(C(C)O)c1C)=C2. The Kier molecular flexibility index (Phi) is 8.57. The fraction of sp³-hybridized carbons (Fsp3) is 0.371. The summed E-state index contributed by atoms with van der Waals surface area (Å²) in [6.07, 6.45) is 6.93. The topological polar surface area (TPSA) is 167 Å². The average molecular weight is 615 g/mol. The van der Waals surface area contributed by atoms with Crippen LogP contribution in [-0.2, 0) is 29.5 Å². The van der Waals surface area contributed by atoms with Gasteiger partial charge < -0.3 is 39.9 Å². The van der Waals surface area contributed by atoms with Crippen LogP contribution in [0, 0.1) is 27.7 Å². The number of carboxylic acids is 2. The number of fused-ring (bicyclic) bond motifs is 8. The van der Waals surface area contributed by atoms with Gasteiger partial charge in [0.25, 0.3) is 0 Å². The van der Waals surface area contributed by atoms with E-state index in [2.05, 4.69) is 15.0 Å². The predicted octanol–water partition coefficient (Wildman–Crippen LogP) is 2.01. The van der Waals surface area contributed by atoms with Crippen LogP contribution in [0.3, 0.4) is 0 Å². The molecule has 0 saturated heterocycles. The second kappa shape index (κ2) is 12.1. The number of aromatic amines is 3. The first kappa shape index (κ1) is 31.9. The number of H-pyrrole nitrogens is 3. The molecule has 2 unspecified atom stereocenters. The summed E-state index contributed by atoms with van der Waals surface area (Å²) < 4.78 is 2.04. The van der Waals surface area contributed by atoms with Crippen molar-refractivity contribution in [3.05, 3.63) is 88.7 Å². The number of rotatable bonds is 8. The van der Waals surface area contributed by atoms with Gasteiger partial charge in [-0.3, -0.25) is 9.59 Å². The van der Waals surface area contributed by atoms with Crippen molar-refractivity contribution in [3.8, 4) is 0 Å². The number of hydrogen-bond acceptors (Lipinski definition) is 4. The van der Waals surface area contributed by atoms with Gasteiger partial charge in [-0.05, 0) is 112 Å². The third-order valence-corrected chi connectivity index (χ3v) is 9.21. The first-order valence-corrected chi connectivity index (χ1v) is 15.2. The van der Waals surface area contributed by atoms with Crippen molar-refractivity contribution >= 4 is 36.2 Å². The standard InChI is InChI=1S/C35H42N4O6/c1-16-22(8-10-32(42)43)27-13-28-23(9-11-33(44)45)17(2)25(37-28)14-30-19(4)35(21(6)41)31(39(30)7)15-26-18(3)34(20(5)40)29(38-26)12-24(16)36-27/h12-15,20-21,36-38,40-41H,8-11H2,1-7H3,(H,42,43)(H,44,45). The molecule has 0 spiro atoms. The highest BCUT2D eigenvalue weighted by atomic mass is 16.4. The Bertz CT molecular complexity index is 2080. The molecule has 0 aliphatic carbocycles. The van der Waals surface area contributed by atoms with E-state index >= 15 is 0 Å². The summed E-state index contributed by atoms with van der Waals surface area (Å²) >= 11 is 0. The highest BCUT2D eigenvalue weighted by Gasteiger charge is 2.22. The molecule has 1 aliphatic rings. The lowest BCUT2D eigenvalue weighted by molar-refractivity contribution is -0.138. The highest BCUT2D eigenvalue weighted by molar-refractivity contribution is 5.70. The van der Waals surface area contributed by atoms with Gasteiger partial charge in [-0.25, -0.2) is 0 Å². The van der Waals surface area contributed by atoms with Crippen LogP contribution in [-0.4, -0.2) is 51.9 Å². The van der Waals surface area contributed by atoms with E-state index in [0.29, 0.717) is 12.8 Å². The minimum atomic E-state index is -0.898. The number of aliphatic carboxylic acids is 2. The van der Waals surface area contributed by atoms with Crippen LogP contribution in [0.25, 0.3) is 24.3 Å². The van der Waals surface area contributed by atoms with Crippen LogP contribution < -0.4 is 21.4 Å². The number of carbonyl (C=O) groups is 2. The second-order valence-corrected chi connectivity index (χ2v) is 12.2. The maximum Gasteiger partial charge on any atom is 0.303 e. The molecular weight excluding hydrogens is 572 g/mol. The molecule has 0 amide bonds. The predicted molar refractivity (Wildman–Crippen MR) is 173 cm³/mol. The maximum atomic E-state index is 11.6. The molecule has 1 aliphatic heterocycles. The first-order valence-electron chi connectivity index (χ1n) is 15.2. The van der Waals surface area contributed by atoms with Crippen LogP contribution >= 0.6 is 0 Å². The molecule has 4 aromatic rings. The van der Waals surface area contributed by atoms with Gasteiger partial charge in [0.1, 0.15) is 0 Å². The summed E-state index contributed by atoms with van der Waals surface area (Å²) in [5.41, 5.74) is 10.1. The summed E-state index contributed by atoms with van der Waals surface area (Å²) in [4.78, 5) is 33.7. The maximum absolute atomic E-state index is 11.6. The molecule has 238 valence electrons. The summed E-state index contributed by atoms with van der Waals surface area (Å²) in [5.74, 6) is -1.79. The summed E-state index contributed by atoms with van der Waals surface area (Å²) in [6, 6.07) is 0. The van der Waals surface area contributed by atoms with Crippen molar-refractivity contribution in [1.29, 1.82) is 0 Å². The number of aliphatic hydroxyl groups excluding tert-OH is 2. The van der Waals surface area contributed by atoms with E-state index in [0.717, 1.165) is 88.7 Å². The lowest BCUT2D eigenvalue weighted by Crippen LogP contribution is -2.15.